The van der Waals surface area contributed by atoms with E-state index in [9.17, 15) is 25.9 Å². The Labute approximate surface area is 143 Å². The van der Waals surface area contributed by atoms with Gasteiger partial charge < -0.3 is 14.8 Å². The third-order valence-corrected chi connectivity index (χ3v) is 3.41. The first kappa shape index (κ1) is 20.2. The molecule has 0 radical (unpaired) electrons. The minimum atomic E-state index is -5.05. The molecule has 0 aliphatic carbocycles. The Morgan fingerprint density at radius 3 is 1.65 bits per heavy atom. The van der Waals surface area contributed by atoms with E-state index in [2.05, 4.69) is 0 Å². The van der Waals surface area contributed by atoms with Gasteiger partial charge >= 0.3 is 59.1 Å². The van der Waals surface area contributed by atoms with Crippen LogP contribution in [0, 0.1) is 0 Å². The zero-order valence-corrected chi connectivity index (χ0v) is 14.7. The van der Waals surface area contributed by atoms with E-state index in [0.717, 1.165) is 6.07 Å². The van der Waals surface area contributed by atoms with Crippen molar-refractivity contribution in [2.75, 3.05) is 5.73 Å². The van der Waals surface area contributed by atoms with E-state index in [4.69, 9.17) is 5.73 Å². The minimum Gasteiger partial charge on any atom is -0.744 e. The van der Waals surface area contributed by atoms with E-state index >= 15 is 0 Å². The van der Waals surface area contributed by atoms with Crippen LogP contribution in [-0.2, 0) is 20.2 Å². The van der Waals surface area contributed by atoms with Gasteiger partial charge in [-0.25, -0.2) is 16.8 Å². The number of anilines is 1. The molecule has 7 nitrogen and oxygen atoms in total. The molecular weight excluding hydrogens is 292 g/mol. The van der Waals surface area contributed by atoms with E-state index in [0.29, 0.717) is 12.1 Å². The summed E-state index contributed by atoms with van der Waals surface area (Å²) in [6.45, 7) is 0. The van der Waals surface area contributed by atoms with Crippen molar-refractivity contribution in [1.82, 2.24) is 0 Å². The number of nitrogen functional groups attached to an aromatic ring is 1. The van der Waals surface area contributed by atoms with E-state index in [-0.39, 0.29) is 64.8 Å². The maximum atomic E-state index is 10.6. The molecular formula is C6H5NNa2O6S2. The molecule has 2 N–H and O–H groups in total. The average molecular weight is 297 g/mol. The van der Waals surface area contributed by atoms with Crippen LogP contribution in [-0.4, -0.2) is 25.9 Å². The van der Waals surface area contributed by atoms with Crippen molar-refractivity contribution in [3.05, 3.63) is 18.2 Å². The van der Waals surface area contributed by atoms with Gasteiger partial charge in [0.15, 0.2) is 0 Å². The molecule has 1 rings (SSSR count). The monoisotopic (exact) mass is 297 g/mol. The number of nitrogens with two attached hydrogens (primary N) is 1. The normalized spacial score (nSPS) is 11.2. The molecule has 0 unspecified atom stereocenters. The standard InChI is InChI=1S/C6H7NO6S2.2Na/c7-4-1-2-5(14(8,9)10)6(3-4)15(11,12)13;;/h1-3H,7H2,(H,8,9,10)(H,11,12,13);;/q;2*+1/p-2. The summed E-state index contributed by atoms with van der Waals surface area (Å²) in [5, 5.41) is 0. The first-order chi connectivity index (χ1) is 6.62. The van der Waals surface area contributed by atoms with E-state index in [1.807, 2.05) is 0 Å². The van der Waals surface area contributed by atoms with Gasteiger partial charge in [-0.05, 0) is 18.2 Å². The largest absolute Gasteiger partial charge is 1.00 e. The average Bonchev–Trinajstić information content (AvgIpc) is 2.00. The molecule has 84 valence electrons. The first-order valence-corrected chi connectivity index (χ1v) is 6.25. The van der Waals surface area contributed by atoms with Gasteiger partial charge in [-0.2, -0.15) is 0 Å². The summed E-state index contributed by atoms with van der Waals surface area (Å²) >= 11 is 0. The second-order valence-corrected chi connectivity index (χ2v) is 5.31. The molecule has 0 spiro atoms. The van der Waals surface area contributed by atoms with Crippen LogP contribution in [0.1, 0.15) is 0 Å². The second kappa shape index (κ2) is 6.85. The topological polar surface area (TPSA) is 140 Å². The number of hydrogen-bond donors (Lipinski definition) is 1. The molecule has 17 heavy (non-hydrogen) atoms. The van der Waals surface area contributed by atoms with Gasteiger partial charge in [0.1, 0.15) is 20.2 Å². The van der Waals surface area contributed by atoms with Crippen molar-refractivity contribution in [3.63, 3.8) is 0 Å². The van der Waals surface area contributed by atoms with Gasteiger partial charge in [0.2, 0.25) is 0 Å². The Morgan fingerprint density at radius 2 is 1.29 bits per heavy atom. The predicted molar refractivity (Wildman–Crippen MR) is 46.8 cm³/mol. The summed E-state index contributed by atoms with van der Waals surface area (Å²) in [4.78, 5) is -2.22. The first-order valence-electron chi connectivity index (χ1n) is 3.43. The van der Waals surface area contributed by atoms with Crippen LogP contribution < -0.4 is 64.8 Å². The van der Waals surface area contributed by atoms with Gasteiger partial charge in [-0.1, -0.05) is 0 Å². The van der Waals surface area contributed by atoms with E-state index in [1.165, 1.54) is 0 Å². The molecule has 0 atom stereocenters. The second-order valence-electron chi connectivity index (χ2n) is 2.61. The SMILES string of the molecule is Nc1ccc(S(=O)(=O)[O-])c(S(=O)(=O)[O-])c1.[Na+].[Na+]. The van der Waals surface area contributed by atoms with Crippen LogP contribution in [0.3, 0.4) is 0 Å². The fourth-order valence-electron chi connectivity index (χ4n) is 0.927. The van der Waals surface area contributed by atoms with E-state index < -0.39 is 30.0 Å². The number of rotatable bonds is 2. The van der Waals surface area contributed by atoms with Gasteiger partial charge in [0, 0.05) is 5.69 Å². The Hall–Kier alpha value is 0.840. The molecule has 0 aromatic heterocycles. The van der Waals surface area contributed by atoms with Crippen molar-refractivity contribution in [3.8, 4) is 0 Å². The maximum absolute atomic E-state index is 10.6. The summed E-state index contributed by atoms with van der Waals surface area (Å²) in [5.41, 5.74) is 5.04. The van der Waals surface area contributed by atoms with Crippen molar-refractivity contribution >= 4 is 25.9 Å². The summed E-state index contributed by atoms with van der Waals surface area (Å²) in [5.74, 6) is 0. The minimum absolute atomic E-state index is 0. The quantitative estimate of drug-likeness (QED) is 0.325. The Balaban J connectivity index is 0. The van der Waals surface area contributed by atoms with Crippen LogP contribution in [0.5, 0.6) is 0 Å². The third kappa shape index (κ3) is 5.55. The number of benzene rings is 1. The van der Waals surface area contributed by atoms with E-state index in [1.54, 1.807) is 0 Å². The van der Waals surface area contributed by atoms with Gasteiger partial charge in [0.05, 0.1) is 9.79 Å². The van der Waals surface area contributed by atoms with Crippen molar-refractivity contribution < 1.29 is 85.1 Å². The maximum Gasteiger partial charge on any atom is 1.00 e. The number of hydrogen-bond acceptors (Lipinski definition) is 7. The smallest absolute Gasteiger partial charge is 0.744 e. The molecule has 0 heterocycles. The van der Waals surface area contributed by atoms with Gasteiger partial charge in [-0.3, -0.25) is 0 Å². The molecule has 0 amide bonds. The fourth-order valence-corrected chi connectivity index (χ4v) is 2.67. The van der Waals surface area contributed by atoms with Crippen LogP contribution in [0.15, 0.2) is 28.0 Å². The molecule has 1 aromatic carbocycles. The summed E-state index contributed by atoms with van der Waals surface area (Å²) in [6.07, 6.45) is 0. The van der Waals surface area contributed by atoms with Crippen molar-refractivity contribution in [2.45, 2.75) is 9.79 Å². The Kier molecular flexibility index (Phi) is 8.12. The van der Waals surface area contributed by atoms with Crippen LogP contribution >= 0.6 is 0 Å². The zero-order valence-electron chi connectivity index (χ0n) is 9.08. The van der Waals surface area contributed by atoms with Crippen molar-refractivity contribution in [2.24, 2.45) is 0 Å². The predicted octanol–water partition coefficient (Wildman–Crippen LogP) is -6.91. The van der Waals surface area contributed by atoms with Crippen LogP contribution in [0.2, 0.25) is 0 Å². The Bertz CT molecular complexity index is 597. The third-order valence-electron chi connectivity index (χ3n) is 1.51. The molecule has 0 bridgehead atoms. The summed E-state index contributed by atoms with van der Waals surface area (Å²) in [7, 11) is -10.1. The van der Waals surface area contributed by atoms with Crippen LogP contribution in [0.25, 0.3) is 0 Å². The van der Waals surface area contributed by atoms with Gasteiger partial charge in [0.25, 0.3) is 0 Å². The summed E-state index contributed by atoms with van der Waals surface area (Å²) in [6, 6.07) is 2.33. The summed E-state index contributed by atoms with van der Waals surface area (Å²) < 4.78 is 63.8. The zero-order chi connectivity index (χ0) is 11.9. The molecule has 0 aliphatic rings. The molecule has 11 heteroatoms. The van der Waals surface area contributed by atoms with Crippen LogP contribution in [0.4, 0.5) is 5.69 Å². The van der Waals surface area contributed by atoms with Gasteiger partial charge in [-0.15, -0.1) is 0 Å². The molecule has 0 saturated carbocycles. The molecule has 0 saturated heterocycles. The molecule has 0 aliphatic heterocycles. The molecule has 1 aromatic rings. The fraction of sp³-hybridized carbons (Fsp3) is 0. The van der Waals surface area contributed by atoms with Crippen molar-refractivity contribution in [1.29, 1.82) is 0 Å². The Morgan fingerprint density at radius 1 is 0.882 bits per heavy atom. The molecule has 0 fully saturated rings.